The van der Waals surface area contributed by atoms with Crippen LogP contribution in [-0.4, -0.2) is 25.8 Å². The van der Waals surface area contributed by atoms with Gasteiger partial charge in [0, 0.05) is 13.0 Å². The monoisotopic (exact) mass is 266 g/mol. The zero-order valence-corrected chi connectivity index (χ0v) is 12.5. The topological polar surface area (TPSA) is 35.5 Å². The molecule has 0 N–H and O–H groups in total. The quantitative estimate of drug-likeness (QED) is 0.579. The van der Waals surface area contributed by atoms with Gasteiger partial charge in [0.05, 0.1) is 12.5 Å². The van der Waals surface area contributed by atoms with Gasteiger partial charge in [0.2, 0.25) is 0 Å². The van der Waals surface area contributed by atoms with E-state index in [1.165, 1.54) is 12.0 Å². The highest BCUT2D eigenvalue weighted by atomic mass is 16.6. The molecule has 0 bridgehead atoms. The fourth-order valence-corrected chi connectivity index (χ4v) is 3.66. The van der Waals surface area contributed by atoms with Gasteiger partial charge in [0.1, 0.15) is 6.10 Å². The minimum absolute atomic E-state index is 0.0233. The van der Waals surface area contributed by atoms with Gasteiger partial charge >= 0.3 is 5.97 Å². The summed E-state index contributed by atoms with van der Waals surface area (Å²) in [6, 6.07) is 0. The van der Waals surface area contributed by atoms with Crippen molar-refractivity contribution < 1.29 is 14.3 Å². The minimum Gasteiger partial charge on any atom is -0.458 e. The van der Waals surface area contributed by atoms with Crippen LogP contribution < -0.4 is 0 Å². The van der Waals surface area contributed by atoms with Crippen LogP contribution in [0.5, 0.6) is 0 Å². The summed E-state index contributed by atoms with van der Waals surface area (Å²) in [7, 11) is 1.66. The van der Waals surface area contributed by atoms with Crippen molar-refractivity contribution in [1.82, 2.24) is 0 Å². The summed E-state index contributed by atoms with van der Waals surface area (Å²) in [6.45, 7) is 7.18. The predicted octanol–water partition coefficient (Wildman–Crippen LogP) is 3.19. The van der Waals surface area contributed by atoms with Gasteiger partial charge < -0.3 is 9.47 Å². The fraction of sp³-hybridized carbons (Fsp3) is 0.812. The SMILES string of the molecule is COC[C@H]1C(=O)O[C@@H]2C=C(C)C[C@H](CC(C)C)C[C@H]21. The molecule has 1 aliphatic heterocycles. The maximum absolute atomic E-state index is 11.9. The van der Waals surface area contributed by atoms with E-state index in [1.807, 2.05) is 0 Å². The second-order valence-electron chi connectivity index (χ2n) is 6.58. The zero-order valence-electron chi connectivity index (χ0n) is 12.5. The van der Waals surface area contributed by atoms with Crippen LogP contribution >= 0.6 is 0 Å². The number of methoxy groups -OCH3 is 1. The van der Waals surface area contributed by atoms with Crippen molar-refractivity contribution in [2.45, 2.75) is 46.1 Å². The highest BCUT2D eigenvalue weighted by Crippen LogP contribution is 2.40. The van der Waals surface area contributed by atoms with Crippen molar-refractivity contribution in [3.63, 3.8) is 0 Å². The molecule has 0 spiro atoms. The Hall–Kier alpha value is -0.830. The molecule has 1 saturated heterocycles. The highest BCUT2D eigenvalue weighted by molar-refractivity contribution is 5.75. The number of hydrogen-bond donors (Lipinski definition) is 0. The van der Waals surface area contributed by atoms with Crippen LogP contribution in [0.4, 0.5) is 0 Å². The molecule has 19 heavy (non-hydrogen) atoms. The molecule has 0 aromatic heterocycles. The molecule has 1 fully saturated rings. The molecule has 1 heterocycles. The van der Waals surface area contributed by atoms with Crippen LogP contribution in [0.2, 0.25) is 0 Å². The van der Waals surface area contributed by atoms with Crippen molar-refractivity contribution in [2.24, 2.45) is 23.7 Å². The second kappa shape index (κ2) is 6.08. The first-order valence-corrected chi connectivity index (χ1v) is 7.38. The van der Waals surface area contributed by atoms with Gasteiger partial charge in [0.25, 0.3) is 0 Å². The van der Waals surface area contributed by atoms with Gasteiger partial charge in [-0.1, -0.05) is 19.4 Å². The summed E-state index contributed by atoms with van der Waals surface area (Å²) in [5, 5.41) is 0. The summed E-state index contributed by atoms with van der Waals surface area (Å²) in [5.41, 5.74) is 1.36. The molecule has 108 valence electrons. The molecular weight excluding hydrogens is 240 g/mol. The molecule has 3 heteroatoms. The van der Waals surface area contributed by atoms with Crippen molar-refractivity contribution >= 4 is 5.97 Å². The van der Waals surface area contributed by atoms with Gasteiger partial charge in [0.15, 0.2) is 0 Å². The Morgan fingerprint density at radius 2 is 2.21 bits per heavy atom. The van der Waals surface area contributed by atoms with Crippen molar-refractivity contribution in [3.05, 3.63) is 11.6 Å². The maximum atomic E-state index is 11.9. The van der Waals surface area contributed by atoms with E-state index in [1.54, 1.807) is 7.11 Å². The number of carbonyl (C=O) groups excluding carboxylic acids is 1. The Kier molecular flexibility index (Phi) is 4.67. The summed E-state index contributed by atoms with van der Waals surface area (Å²) in [5.74, 6) is 1.51. The van der Waals surface area contributed by atoms with Gasteiger partial charge in [-0.2, -0.15) is 0 Å². The van der Waals surface area contributed by atoms with Crippen LogP contribution in [0.1, 0.15) is 40.0 Å². The summed E-state index contributed by atoms with van der Waals surface area (Å²) in [4.78, 5) is 11.9. The van der Waals surface area contributed by atoms with Crippen molar-refractivity contribution in [3.8, 4) is 0 Å². The van der Waals surface area contributed by atoms with Crippen LogP contribution in [0.3, 0.4) is 0 Å². The zero-order chi connectivity index (χ0) is 14.0. The van der Waals surface area contributed by atoms with E-state index < -0.39 is 0 Å². The minimum atomic E-state index is -0.0777. The molecule has 0 aromatic carbocycles. The molecule has 4 atom stereocenters. The van der Waals surface area contributed by atoms with Gasteiger partial charge in [-0.3, -0.25) is 4.79 Å². The first-order valence-electron chi connectivity index (χ1n) is 7.38. The number of allylic oxidation sites excluding steroid dienone is 1. The van der Waals surface area contributed by atoms with E-state index in [9.17, 15) is 4.79 Å². The van der Waals surface area contributed by atoms with Crippen LogP contribution in [0, 0.1) is 23.7 Å². The van der Waals surface area contributed by atoms with E-state index >= 15 is 0 Å². The van der Waals surface area contributed by atoms with Gasteiger partial charge in [-0.25, -0.2) is 0 Å². The number of ether oxygens (including phenoxy) is 2. The molecule has 2 rings (SSSR count). The largest absolute Gasteiger partial charge is 0.458 e. The van der Waals surface area contributed by atoms with Gasteiger partial charge in [-0.05, 0) is 44.1 Å². The fourth-order valence-electron chi connectivity index (χ4n) is 3.66. The average molecular weight is 266 g/mol. The lowest BCUT2D eigenvalue weighted by molar-refractivity contribution is -0.144. The summed E-state index contributed by atoms with van der Waals surface area (Å²) in [6.07, 6.45) is 5.59. The number of hydrogen-bond acceptors (Lipinski definition) is 3. The third-order valence-electron chi connectivity index (χ3n) is 4.31. The van der Waals surface area contributed by atoms with Crippen LogP contribution in [0.25, 0.3) is 0 Å². The molecule has 0 unspecified atom stereocenters. The molecule has 0 saturated carbocycles. The lowest BCUT2D eigenvalue weighted by Gasteiger charge is -2.23. The maximum Gasteiger partial charge on any atom is 0.312 e. The number of rotatable bonds is 4. The predicted molar refractivity (Wildman–Crippen MR) is 74.7 cm³/mol. The third kappa shape index (κ3) is 3.38. The summed E-state index contributed by atoms with van der Waals surface area (Å²) >= 11 is 0. The number of fused-ring (bicyclic) bond motifs is 1. The number of carbonyl (C=O) groups is 1. The van der Waals surface area contributed by atoms with E-state index in [-0.39, 0.29) is 18.0 Å². The molecule has 3 nitrogen and oxygen atoms in total. The molecule has 0 radical (unpaired) electrons. The first kappa shape index (κ1) is 14.6. The molecule has 2 aliphatic rings. The molecule has 1 aliphatic carbocycles. The second-order valence-corrected chi connectivity index (χ2v) is 6.58. The lowest BCUT2D eigenvalue weighted by atomic mass is 9.81. The smallest absolute Gasteiger partial charge is 0.312 e. The van der Waals surface area contributed by atoms with Crippen molar-refractivity contribution in [2.75, 3.05) is 13.7 Å². The Morgan fingerprint density at radius 3 is 2.84 bits per heavy atom. The Morgan fingerprint density at radius 1 is 1.47 bits per heavy atom. The Labute approximate surface area is 116 Å². The van der Waals surface area contributed by atoms with E-state index in [4.69, 9.17) is 9.47 Å². The third-order valence-corrected chi connectivity index (χ3v) is 4.31. The van der Waals surface area contributed by atoms with E-state index in [0.717, 1.165) is 12.8 Å². The van der Waals surface area contributed by atoms with E-state index in [0.29, 0.717) is 24.4 Å². The molecular formula is C16H26O3. The van der Waals surface area contributed by atoms with E-state index in [2.05, 4.69) is 26.8 Å². The Balaban J connectivity index is 2.15. The average Bonchev–Trinajstić information content (AvgIpc) is 2.49. The first-order chi connectivity index (χ1) is 9.01. The van der Waals surface area contributed by atoms with Gasteiger partial charge in [-0.15, -0.1) is 0 Å². The normalized spacial score (nSPS) is 34.8. The molecule has 0 aromatic rings. The molecule has 0 amide bonds. The standard InChI is InChI=1S/C16H26O3/c1-10(2)5-12-6-11(3)7-15-13(8-12)14(9-18-4)16(17)19-15/h7,10,12-15H,5-6,8-9H2,1-4H3/t12-,13-,14+,15+/m0/s1. The highest BCUT2D eigenvalue weighted by Gasteiger charge is 2.45. The van der Waals surface area contributed by atoms with Crippen LogP contribution in [0.15, 0.2) is 11.6 Å². The van der Waals surface area contributed by atoms with Crippen LogP contribution in [-0.2, 0) is 14.3 Å². The van der Waals surface area contributed by atoms with Crippen molar-refractivity contribution in [1.29, 1.82) is 0 Å². The Bertz CT molecular complexity index is 359. The lowest BCUT2D eigenvalue weighted by Crippen LogP contribution is -2.25. The summed E-state index contributed by atoms with van der Waals surface area (Å²) < 4.78 is 10.7. The number of esters is 1.